The van der Waals surface area contributed by atoms with Gasteiger partial charge in [0.25, 0.3) is 5.56 Å². The summed E-state index contributed by atoms with van der Waals surface area (Å²) in [4.78, 5) is 19.7. The van der Waals surface area contributed by atoms with Crippen LogP contribution in [0.4, 0.5) is 0 Å². The van der Waals surface area contributed by atoms with Gasteiger partial charge < -0.3 is 4.74 Å². The lowest BCUT2D eigenvalue weighted by Gasteiger charge is -2.30. The summed E-state index contributed by atoms with van der Waals surface area (Å²) in [6.07, 6.45) is 3.77. The maximum Gasteiger partial charge on any atom is 0.271 e. The van der Waals surface area contributed by atoms with Gasteiger partial charge in [0.1, 0.15) is 5.75 Å². The van der Waals surface area contributed by atoms with Gasteiger partial charge in [-0.25, -0.2) is 4.99 Å². The predicted molar refractivity (Wildman–Crippen MR) is 152 cm³/mol. The molecule has 2 aliphatic rings. The number of hydrogen-bond acceptors (Lipinski definition) is 4. The van der Waals surface area contributed by atoms with E-state index in [0.717, 1.165) is 49.2 Å². The summed E-state index contributed by atoms with van der Waals surface area (Å²) in [6, 6.07) is 22.5. The number of benzene rings is 3. The van der Waals surface area contributed by atoms with E-state index in [1.807, 2.05) is 47.9 Å². The highest BCUT2D eigenvalue weighted by molar-refractivity contribution is 9.10. The van der Waals surface area contributed by atoms with Crippen LogP contribution in [-0.2, 0) is 6.42 Å². The number of halogens is 2. The Kier molecular flexibility index (Phi) is 6.32. The Bertz CT molecular complexity index is 1700. The first kappa shape index (κ1) is 23.6. The first-order chi connectivity index (χ1) is 17.5. The highest BCUT2D eigenvalue weighted by Crippen LogP contribution is 2.41. The van der Waals surface area contributed by atoms with Gasteiger partial charge in [-0.05, 0) is 88.3 Å². The molecule has 0 unspecified atom stereocenters. The fourth-order valence-electron chi connectivity index (χ4n) is 5.00. The van der Waals surface area contributed by atoms with Gasteiger partial charge in [-0.2, -0.15) is 0 Å². The lowest BCUT2D eigenvalue weighted by Crippen LogP contribution is -2.38. The Morgan fingerprint density at radius 2 is 1.89 bits per heavy atom. The molecule has 1 aromatic heterocycles. The monoisotopic (exact) mass is 620 g/mol. The smallest absolute Gasteiger partial charge is 0.271 e. The SMILES string of the molecule is CCOc1ccc(/C=c2/sc3n(c2=O)[C@H](c2ccc(Br)cc2)C2=C(N=3)c3ccccc3CC2)cc1Br. The molecule has 0 bridgehead atoms. The van der Waals surface area contributed by atoms with Crippen molar-refractivity contribution in [3.8, 4) is 5.75 Å². The molecule has 7 heteroatoms. The van der Waals surface area contributed by atoms with E-state index in [9.17, 15) is 4.79 Å². The molecule has 4 nitrogen and oxygen atoms in total. The van der Waals surface area contributed by atoms with Gasteiger partial charge in [0.15, 0.2) is 4.80 Å². The summed E-state index contributed by atoms with van der Waals surface area (Å²) in [5.41, 5.74) is 6.73. The van der Waals surface area contributed by atoms with Gasteiger partial charge in [-0.1, -0.05) is 69.7 Å². The maximum absolute atomic E-state index is 13.9. The van der Waals surface area contributed by atoms with Crippen molar-refractivity contribution in [1.29, 1.82) is 0 Å². The minimum absolute atomic E-state index is 0.0120. The summed E-state index contributed by atoms with van der Waals surface area (Å²) < 4.78 is 10.1. The van der Waals surface area contributed by atoms with Gasteiger partial charge in [-0.15, -0.1) is 0 Å². The molecule has 3 aromatic carbocycles. The molecule has 6 rings (SSSR count). The van der Waals surface area contributed by atoms with Crippen LogP contribution in [0.2, 0.25) is 0 Å². The second-order valence-electron chi connectivity index (χ2n) is 8.79. The molecular weight excluding hydrogens is 600 g/mol. The normalized spacial score (nSPS) is 16.8. The zero-order valence-corrected chi connectivity index (χ0v) is 23.5. The fraction of sp³-hybridized carbons (Fsp3) is 0.172. The van der Waals surface area contributed by atoms with Crippen molar-refractivity contribution >= 4 is 55.0 Å². The zero-order chi connectivity index (χ0) is 24.8. The van der Waals surface area contributed by atoms with Crippen LogP contribution in [0.5, 0.6) is 5.75 Å². The highest BCUT2D eigenvalue weighted by atomic mass is 79.9. The van der Waals surface area contributed by atoms with E-state index < -0.39 is 0 Å². The largest absolute Gasteiger partial charge is 0.493 e. The molecule has 0 amide bonds. The van der Waals surface area contributed by atoms with Crippen molar-refractivity contribution < 1.29 is 4.74 Å². The van der Waals surface area contributed by atoms with Crippen LogP contribution in [0.1, 0.15) is 41.6 Å². The Morgan fingerprint density at radius 3 is 2.67 bits per heavy atom. The Hall–Kier alpha value is -2.74. The third kappa shape index (κ3) is 4.13. The van der Waals surface area contributed by atoms with Crippen molar-refractivity contribution in [2.45, 2.75) is 25.8 Å². The number of rotatable bonds is 4. The number of thiazole rings is 1. The standard InChI is InChI=1S/C29H22Br2N2O2S/c1-2-35-24-14-7-17(15-23(24)31)16-25-28(34)33-27(19-8-11-20(30)12-9-19)22-13-10-18-5-3-4-6-21(18)26(22)32-29(33)36-25/h3-9,11-12,14-16,27H,2,10,13H2,1H3/b25-16+/t27-/m1/s1. The van der Waals surface area contributed by atoms with E-state index in [1.165, 1.54) is 28.0 Å². The maximum atomic E-state index is 13.9. The van der Waals surface area contributed by atoms with E-state index in [0.29, 0.717) is 11.1 Å². The van der Waals surface area contributed by atoms with Crippen molar-refractivity contribution in [2.75, 3.05) is 6.61 Å². The summed E-state index contributed by atoms with van der Waals surface area (Å²) >= 11 is 8.59. The lowest BCUT2D eigenvalue weighted by molar-refractivity contribution is 0.338. The van der Waals surface area contributed by atoms with E-state index in [1.54, 1.807) is 0 Å². The molecule has 0 spiro atoms. The summed E-state index contributed by atoms with van der Waals surface area (Å²) in [5.74, 6) is 0.790. The Labute approximate surface area is 229 Å². The van der Waals surface area contributed by atoms with Crippen molar-refractivity contribution in [1.82, 2.24) is 4.57 Å². The number of fused-ring (bicyclic) bond motifs is 3. The summed E-state index contributed by atoms with van der Waals surface area (Å²) in [5, 5.41) is 0. The number of hydrogen-bond donors (Lipinski definition) is 0. The van der Waals surface area contributed by atoms with E-state index in [2.05, 4.69) is 68.3 Å². The number of allylic oxidation sites excluding steroid dienone is 1. The topological polar surface area (TPSA) is 43.6 Å². The molecule has 2 heterocycles. The van der Waals surface area contributed by atoms with Crippen molar-refractivity contribution in [2.24, 2.45) is 4.99 Å². The van der Waals surface area contributed by atoms with Gasteiger partial charge in [0, 0.05) is 10.0 Å². The summed E-state index contributed by atoms with van der Waals surface area (Å²) in [7, 11) is 0. The van der Waals surface area contributed by atoms with E-state index >= 15 is 0 Å². The molecule has 36 heavy (non-hydrogen) atoms. The number of aryl methyl sites for hydroxylation is 1. The Morgan fingerprint density at radius 1 is 1.08 bits per heavy atom. The highest BCUT2D eigenvalue weighted by Gasteiger charge is 2.32. The number of aromatic nitrogens is 1. The predicted octanol–water partition coefficient (Wildman–Crippen LogP) is 6.24. The second kappa shape index (κ2) is 9.61. The van der Waals surface area contributed by atoms with Crippen LogP contribution in [0, 0.1) is 0 Å². The van der Waals surface area contributed by atoms with Crippen LogP contribution in [0.15, 0.2) is 91.0 Å². The average Bonchev–Trinajstić information content (AvgIpc) is 3.19. The second-order valence-corrected chi connectivity index (χ2v) is 11.6. The molecule has 0 saturated heterocycles. The zero-order valence-electron chi connectivity index (χ0n) is 19.5. The van der Waals surface area contributed by atoms with Crippen LogP contribution in [-0.4, -0.2) is 11.2 Å². The summed E-state index contributed by atoms with van der Waals surface area (Å²) in [6.45, 7) is 2.56. The van der Waals surface area contributed by atoms with Gasteiger partial charge in [-0.3, -0.25) is 9.36 Å². The molecule has 0 saturated carbocycles. The third-order valence-electron chi connectivity index (χ3n) is 6.61. The van der Waals surface area contributed by atoms with Crippen LogP contribution < -0.4 is 19.6 Å². The number of nitrogens with zero attached hydrogens (tertiary/aromatic N) is 2. The molecule has 1 atom stereocenters. The molecule has 180 valence electrons. The van der Waals surface area contributed by atoms with E-state index in [-0.39, 0.29) is 11.6 Å². The molecule has 1 aliphatic carbocycles. The number of ether oxygens (including phenoxy) is 1. The van der Waals surface area contributed by atoms with Crippen LogP contribution >= 0.6 is 43.2 Å². The van der Waals surface area contributed by atoms with E-state index in [4.69, 9.17) is 9.73 Å². The lowest BCUT2D eigenvalue weighted by atomic mass is 9.83. The minimum atomic E-state index is -0.174. The molecule has 0 fully saturated rings. The van der Waals surface area contributed by atoms with Gasteiger partial charge in [0.2, 0.25) is 0 Å². The molecule has 0 N–H and O–H groups in total. The molecular formula is C29H22Br2N2O2S. The molecule has 1 aliphatic heterocycles. The quantitative estimate of drug-likeness (QED) is 0.271. The first-order valence-corrected chi connectivity index (χ1v) is 14.2. The molecule has 0 radical (unpaired) electrons. The molecule has 4 aromatic rings. The van der Waals surface area contributed by atoms with Crippen LogP contribution in [0.25, 0.3) is 11.8 Å². The van der Waals surface area contributed by atoms with Crippen LogP contribution in [0.3, 0.4) is 0 Å². The van der Waals surface area contributed by atoms with Gasteiger partial charge >= 0.3 is 0 Å². The average molecular weight is 622 g/mol. The first-order valence-electron chi connectivity index (χ1n) is 11.8. The van der Waals surface area contributed by atoms with Crippen molar-refractivity contribution in [3.63, 3.8) is 0 Å². The third-order valence-corrected chi connectivity index (χ3v) is 8.74. The fourth-order valence-corrected chi connectivity index (χ4v) is 6.77. The van der Waals surface area contributed by atoms with Gasteiger partial charge in [0.05, 0.1) is 27.4 Å². The minimum Gasteiger partial charge on any atom is -0.493 e. The Balaban J connectivity index is 1.56. The van der Waals surface area contributed by atoms with Crippen molar-refractivity contribution in [3.05, 3.63) is 123 Å².